The quantitative estimate of drug-likeness (QED) is 0.804. The van der Waals surface area contributed by atoms with E-state index in [2.05, 4.69) is 0 Å². The summed E-state index contributed by atoms with van der Waals surface area (Å²) in [5.74, 6) is 0. The van der Waals surface area contributed by atoms with Crippen LogP contribution in [-0.4, -0.2) is 11.7 Å². The highest BCUT2D eigenvalue weighted by atomic mass is 35.5. The van der Waals surface area contributed by atoms with E-state index in [0.717, 1.165) is 11.1 Å². The van der Waals surface area contributed by atoms with Gasteiger partial charge < -0.3 is 10.8 Å². The Bertz CT molecular complexity index is 278. The third kappa shape index (κ3) is 3.16. The van der Waals surface area contributed by atoms with Crippen LogP contribution in [0.1, 0.15) is 17.2 Å². The highest BCUT2D eigenvalue weighted by Gasteiger charge is 2.05. The maximum absolute atomic E-state index is 8.78. The van der Waals surface area contributed by atoms with Crippen molar-refractivity contribution in [1.82, 2.24) is 0 Å². The molecule has 74 valence electrons. The van der Waals surface area contributed by atoms with Gasteiger partial charge in [-0.15, -0.1) is 12.4 Å². The monoisotopic (exact) mass is 221 g/mol. The minimum absolute atomic E-state index is 0. The number of hydrogen-bond donors (Lipinski definition) is 2. The minimum atomic E-state index is -0.330. The molecular formula is C9H13Cl2NO. The van der Waals surface area contributed by atoms with Gasteiger partial charge in [0.2, 0.25) is 0 Å². The lowest BCUT2D eigenvalue weighted by Gasteiger charge is -2.09. The largest absolute Gasteiger partial charge is 0.394 e. The summed E-state index contributed by atoms with van der Waals surface area (Å²) in [4.78, 5) is 0. The fourth-order valence-electron chi connectivity index (χ4n) is 0.945. The second-order valence-corrected chi connectivity index (χ2v) is 3.20. The van der Waals surface area contributed by atoms with E-state index in [1.807, 2.05) is 19.1 Å². The first-order chi connectivity index (χ1) is 5.65. The molecule has 0 fully saturated rings. The molecule has 0 aromatic heterocycles. The lowest BCUT2D eigenvalue weighted by molar-refractivity contribution is 0.268. The predicted octanol–water partition coefficient (Wildman–Crippen LogP) is 2.06. The maximum atomic E-state index is 8.78. The summed E-state index contributed by atoms with van der Waals surface area (Å²) in [5, 5.41) is 9.47. The first-order valence-corrected chi connectivity index (χ1v) is 4.15. The third-order valence-electron chi connectivity index (χ3n) is 1.82. The Hall–Kier alpha value is -0.280. The van der Waals surface area contributed by atoms with Crippen LogP contribution in [0, 0.1) is 6.92 Å². The molecule has 0 bridgehead atoms. The average molecular weight is 222 g/mol. The van der Waals surface area contributed by atoms with Gasteiger partial charge in [-0.25, -0.2) is 0 Å². The highest BCUT2D eigenvalue weighted by Crippen LogP contribution is 2.19. The Morgan fingerprint density at radius 2 is 2.15 bits per heavy atom. The van der Waals surface area contributed by atoms with E-state index in [9.17, 15) is 0 Å². The summed E-state index contributed by atoms with van der Waals surface area (Å²) >= 11 is 5.88. The molecule has 0 aliphatic carbocycles. The molecule has 0 saturated carbocycles. The molecule has 1 atom stereocenters. The van der Waals surface area contributed by atoms with Crippen molar-refractivity contribution in [2.24, 2.45) is 5.73 Å². The Balaban J connectivity index is 0.00000144. The molecule has 2 nitrogen and oxygen atoms in total. The van der Waals surface area contributed by atoms with Crippen molar-refractivity contribution < 1.29 is 5.11 Å². The number of halogens is 2. The van der Waals surface area contributed by atoms with Crippen LogP contribution in [0.3, 0.4) is 0 Å². The molecule has 0 heterocycles. The van der Waals surface area contributed by atoms with Gasteiger partial charge >= 0.3 is 0 Å². The molecule has 1 aromatic rings. The van der Waals surface area contributed by atoms with Crippen LogP contribution in [0.5, 0.6) is 0 Å². The molecular weight excluding hydrogens is 209 g/mol. The number of hydrogen-bond acceptors (Lipinski definition) is 2. The van der Waals surface area contributed by atoms with E-state index in [4.69, 9.17) is 22.4 Å². The van der Waals surface area contributed by atoms with Crippen molar-refractivity contribution in [1.29, 1.82) is 0 Å². The fourth-order valence-corrected chi connectivity index (χ4v) is 1.13. The van der Waals surface area contributed by atoms with Gasteiger partial charge in [0.15, 0.2) is 0 Å². The van der Waals surface area contributed by atoms with Gasteiger partial charge in [-0.05, 0) is 24.1 Å². The van der Waals surface area contributed by atoms with Crippen LogP contribution >= 0.6 is 24.0 Å². The van der Waals surface area contributed by atoms with Crippen LogP contribution in [0.4, 0.5) is 0 Å². The van der Waals surface area contributed by atoms with Crippen LogP contribution in [0.15, 0.2) is 18.2 Å². The van der Waals surface area contributed by atoms with Crippen LogP contribution in [0.2, 0.25) is 5.02 Å². The summed E-state index contributed by atoms with van der Waals surface area (Å²) in [6.45, 7) is 1.87. The standard InChI is InChI=1S/C9H12ClNO.ClH/c1-6-2-3-7(4-8(6)10)9(11)5-12;/h2-4,9,12H,5,11H2,1H3;1H/t9-;/m0./s1. The lowest BCUT2D eigenvalue weighted by Crippen LogP contribution is -2.14. The highest BCUT2D eigenvalue weighted by molar-refractivity contribution is 6.31. The molecule has 4 heteroatoms. The molecule has 0 spiro atoms. The summed E-state index contributed by atoms with van der Waals surface area (Å²) in [6, 6.07) is 5.23. The normalized spacial score (nSPS) is 12.0. The number of aryl methyl sites for hydroxylation is 1. The zero-order chi connectivity index (χ0) is 9.14. The van der Waals surface area contributed by atoms with Crippen molar-refractivity contribution in [3.63, 3.8) is 0 Å². The molecule has 3 N–H and O–H groups in total. The van der Waals surface area contributed by atoms with Crippen molar-refractivity contribution in [3.05, 3.63) is 34.3 Å². The molecule has 1 aromatic carbocycles. The van der Waals surface area contributed by atoms with E-state index >= 15 is 0 Å². The van der Waals surface area contributed by atoms with Crippen molar-refractivity contribution in [2.45, 2.75) is 13.0 Å². The Morgan fingerprint density at radius 3 is 2.62 bits per heavy atom. The van der Waals surface area contributed by atoms with E-state index in [-0.39, 0.29) is 25.1 Å². The predicted molar refractivity (Wildman–Crippen MR) is 57.5 cm³/mol. The molecule has 0 radical (unpaired) electrons. The summed E-state index contributed by atoms with van der Waals surface area (Å²) < 4.78 is 0. The van der Waals surface area contributed by atoms with E-state index < -0.39 is 0 Å². The fraction of sp³-hybridized carbons (Fsp3) is 0.333. The molecule has 0 aliphatic rings. The lowest BCUT2D eigenvalue weighted by atomic mass is 10.1. The average Bonchev–Trinajstić information content (AvgIpc) is 2.08. The van der Waals surface area contributed by atoms with Crippen molar-refractivity contribution in [3.8, 4) is 0 Å². The zero-order valence-electron chi connectivity index (χ0n) is 7.33. The summed E-state index contributed by atoms with van der Waals surface area (Å²) in [6.07, 6.45) is 0. The molecule has 13 heavy (non-hydrogen) atoms. The van der Waals surface area contributed by atoms with Crippen molar-refractivity contribution in [2.75, 3.05) is 6.61 Å². The maximum Gasteiger partial charge on any atom is 0.0624 e. The van der Waals surface area contributed by atoms with Gasteiger partial charge in [0.25, 0.3) is 0 Å². The summed E-state index contributed by atoms with van der Waals surface area (Å²) in [5.41, 5.74) is 7.49. The molecule has 1 rings (SSSR count). The van der Waals surface area contributed by atoms with Crippen LogP contribution in [0.25, 0.3) is 0 Å². The molecule has 0 aliphatic heterocycles. The Labute approximate surface area is 89.1 Å². The Morgan fingerprint density at radius 1 is 1.54 bits per heavy atom. The first-order valence-electron chi connectivity index (χ1n) is 3.77. The Kier molecular flexibility index (Phi) is 5.33. The number of aliphatic hydroxyl groups excluding tert-OH is 1. The smallest absolute Gasteiger partial charge is 0.0624 e. The molecule has 0 saturated heterocycles. The van der Waals surface area contributed by atoms with Gasteiger partial charge in [-0.2, -0.15) is 0 Å². The van der Waals surface area contributed by atoms with E-state index in [1.54, 1.807) is 6.07 Å². The van der Waals surface area contributed by atoms with Gasteiger partial charge in [0.1, 0.15) is 0 Å². The SMILES string of the molecule is Cc1ccc([C@@H](N)CO)cc1Cl.Cl. The van der Waals surface area contributed by atoms with Crippen molar-refractivity contribution >= 4 is 24.0 Å². The number of aliphatic hydroxyl groups is 1. The second kappa shape index (κ2) is 5.45. The number of rotatable bonds is 2. The first kappa shape index (κ1) is 12.7. The topological polar surface area (TPSA) is 46.2 Å². The van der Waals surface area contributed by atoms with Gasteiger partial charge in [0.05, 0.1) is 12.6 Å². The second-order valence-electron chi connectivity index (χ2n) is 2.80. The van der Waals surface area contributed by atoms with Gasteiger partial charge in [-0.3, -0.25) is 0 Å². The summed E-state index contributed by atoms with van der Waals surface area (Å²) in [7, 11) is 0. The number of benzene rings is 1. The van der Waals surface area contributed by atoms with Gasteiger partial charge in [0, 0.05) is 5.02 Å². The molecule has 0 amide bonds. The number of nitrogens with two attached hydrogens (primary N) is 1. The van der Waals surface area contributed by atoms with E-state index in [1.165, 1.54) is 0 Å². The zero-order valence-corrected chi connectivity index (χ0v) is 8.90. The van der Waals surface area contributed by atoms with Crippen LogP contribution < -0.4 is 5.73 Å². The van der Waals surface area contributed by atoms with E-state index in [0.29, 0.717) is 5.02 Å². The molecule has 0 unspecified atom stereocenters. The van der Waals surface area contributed by atoms with Gasteiger partial charge in [-0.1, -0.05) is 23.7 Å². The third-order valence-corrected chi connectivity index (χ3v) is 2.23. The minimum Gasteiger partial charge on any atom is -0.394 e. The van der Waals surface area contributed by atoms with Crippen LogP contribution in [-0.2, 0) is 0 Å².